The predicted molar refractivity (Wildman–Crippen MR) is 71.0 cm³/mol. The molecule has 0 aliphatic carbocycles. The second-order valence-electron chi connectivity index (χ2n) is 6.18. The van der Waals surface area contributed by atoms with E-state index in [0.29, 0.717) is 6.42 Å². The van der Waals surface area contributed by atoms with E-state index >= 15 is 0 Å². The van der Waals surface area contributed by atoms with Crippen LogP contribution in [0, 0.1) is 0 Å². The van der Waals surface area contributed by atoms with Crippen molar-refractivity contribution >= 4 is 12.1 Å². The predicted octanol–water partition coefficient (Wildman–Crippen LogP) is 1.45. The Labute approximate surface area is 114 Å². The zero-order chi connectivity index (χ0) is 14.8. The first-order valence-corrected chi connectivity index (χ1v) is 6.54. The zero-order valence-corrected chi connectivity index (χ0v) is 12.3. The number of likely N-dealkylation sites (tertiary alicyclic amines) is 1. The van der Waals surface area contributed by atoms with Crippen LogP contribution in [0.15, 0.2) is 0 Å². The molecular weight excluding hydrogens is 248 g/mol. The number of alkyl carbamates (subject to hydrolysis) is 1. The number of carbonyl (C=O) groups excluding carboxylic acids is 1. The first-order chi connectivity index (χ1) is 8.60. The third-order valence-electron chi connectivity index (χ3n) is 3.33. The van der Waals surface area contributed by atoms with Gasteiger partial charge in [0.05, 0.1) is 0 Å². The Hall–Kier alpha value is -1.30. The molecule has 1 aliphatic rings. The summed E-state index contributed by atoms with van der Waals surface area (Å²) in [6.07, 6.45) is 0.632. The molecule has 19 heavy (non-hydrogen) atoms. The van der Waals surface area contributed by atoms with Gasteiger partial charge in [0.2, 0.25) is 0 Å². The summed E-state index contributed by atoms with van der Waals surface area (Å²) in [5.74, 6) is -0.856. The highest BCUT2D eigenvalue weighted by atomic mass is 16.6. The minimum absolute atomic E-state index is 0.106. The van der Waals surface area contributed by atoms with Crippen molar-refractivity contribution in [3.8, 4) is 0 Å². The molecule has 0 aromatic rings. The second-order valence-corrected chi connectivity index (χ2v) is 6.18. The average molecular weight is 272 g/mol. The Balaban J connectivity index is 2.60. The molecule has 6 heteroatoms. The van der Waals surface area contributed by atoms with Crippen LogP contribution in [0.1, 0.15) is 40.5 Å². The van der Waals surface area contributed by atoms with Gasteiger partial charge in [0, 0.05) is 12.1 Å². The molecular formula is C13H24N2O4. The van der Waals surface area contributed by atoms with Crippen molar-refractivity contribution in [2.24, 2.45) is 0 Å². The monoisotopic (exact) mass is 272 g/mol. The lowest BCUT2D eigenvalue weighted by atomic mass is 9.92. The van der Waals surface area contributed by atoms with Crippen molar-refractivity contribution in [1.29, 1.82) is 0 Å². The van der Waals surface area contributed by atoms with Crippen molar-refractivity contribution < 1.29 is 19.4 Å². The van der Waals surface area contributed by atoms with E-state index < -0.39 is 23.7 Å². The number of likely N-dealkylation sites (N-methyl/N-ethyl adjacent to an activating group) is 1. The maximum atomic E-state index is 11.7. The summed E-state index contributed by atoms with van der Waals surface area (Å²) in [7, 11) is 1.80. The quantitative estimate of drug-likeness (QED) is 0.795. The van der Waals surface area contributed by atoms with Gasteiger partial charge in [-0.05, 0) is 47.6 Å². The molecule has 0 bridgehead atoms. The maximum absolute atomic E-state index is 11.7. The highest BCUT2D eigenvalue weighted by molar-refractivity contribution is 5.74. The van der Waals surface area contributed by atoms with Gasteiger partial charge >= 0.3 is 12.1 Å². The van der Waals surface area contributed by atoms with Gasteiger partial charge in [0.25, 0.3) is 0 Å². The summed E-state index contributed by atoms with van der Waals surface area (Å²) in [6.45, 7) is 7.34. The van der Waals surface area contributed by atoms with Crippen LogP contribution in [0.2, 0.25) is 0 Å². The first-order valence-electron chi connectivity index (χ1n) is 6.54. The van der Waals surface area contributed by atoms with Gasteiger partial charge in [0.1, 0.15) is 11.6 Å². The second kappa shape index (κ2) is 5.77. The number of nitrogens with zero attached hydrogens (tertiary/aromatic N) is 1. The van der Waals surface area contributed by atoms with E-state index in [4.69, 9.17) is 4.74 Å². The summed E-state index contributed by atoms with van der Waals surface area (Å²) in [4.78, 5) is 24.7. The lowest BCUT2D eigenvalue weighted by Crippen LogP contribution is -2.55. The van der Waals surface area contributed by atoms with Crippen LogP contribution in [0.3, 0.4) is 0 Å². The number of ether oxygens (including phenoxy) is 1. The van der Waals surface area contributed by atoms with E-state index in [-0.39, 0.29) is 12.1 Å². The number of carboxylic acid groups (broad SMARTS) is 1. The highest BCUT2D eigenvalue weighted by Gasteiger charge is 2.36. The number of amides is 1. The van der Waals surface area contributed by atoms with Crippen LogP contribution in [-0.4, -0.2) is 52.8 Å². The average Bonchev–Trinajstić information content (AvgIpc) is 2.19. The molecule has 0 radical (unpaired) electrons. The SMILES string of the molecule is CC1CC(NC(=O)OC(C)(C)C)C[C@@H](C(=O)O)N1C. The van der Waals surface area contributed by atoms with E-state index in [1.165, 1.54) is 0 Å². The summed E-state index contributed by atoms with van der Waals surface area (Å²) < 4.78 is 5.19. The minimum atomic E-state index is -0.856. The summed E-state index contributed by atoms with van der Waals surface area (Å²) in [5, 5.41) is 11.9. The Morgan fingerprint density at radius 3 is 2.37 bits per heavy atom. The largest absolute Gasteiger partial charge is 0.480 e. The fraction of sp³-hybridized carbons (Fsp3) is 0.846. The van der Waals surface area contributed by atoms with E-state index in [9.17, 15) is 14.7 Å². The van der Waals surface area contributed by atoms with Crippen molar-refractivity contribution in [3.63, 3.8) is 0 Å². The Kier molecular flexibility index (Phi) is 4.79. The number of hydrogen-bond donors (Lipinski definition) is 2. The van der Waals surface area contributed by atoms with Crippen LogP contribution in [0.25, 0.3) is 0 Å². The maximum Gasteiger partial charge on any atom is 0.407 e. The van der Waals surface area contributed by atoms with E-state index in [1.807, 2.05) is 11.8 Å². The van der Waals surface area contributed by atoms with Crippen LogP contribution >= 0.6 is 0 Å². The highest BCUT2D eigenvalue weighted by Crippen LogP contribution is 2.22. The number of carboxylic acids is 1. The van der Waals surface area contributed by atoms with Gasteiger partial charge in [-0.15, -0.1) is 0 Å². The molecule has 1 fully saturated rings. The normalized spacial score (nSPS) is 28.8. The molecule has 0 aromatic heterocycles. The van der Waals surface area contributed by atoms with Gasteiger partial charge in [0.15, 0.2) is 0 Å². The molecule has 1 amide bonds. The Bertz CT molecular complexity index is 351. The van der Waals surface area contributed by atoms with Crippen molar-refractivity contribution in [2.75, 3.05) is 7.05 Å². The van der Waals surface area contributed by atoms with E-state index in [1.54, 1.807) is 27.8 Å². The number of hydrogen-bond acceptors (Lipinski definition) is 4. The summed E-state index contributed by atoms with van der Waals surface area (Å²) in [5.41, 5.74) is -0.548. The van der Waals surface area contributed by atoms with E-state index in [2.05, 4.69) is 5.32 Å². The summed E-state index contributed by atoms with van der Waals surface area (Å²) >= 11 is 0. The van der Waals surface area contributed by atoms with Crippen LogP contribution in [0.4, 0.5) is 4.79 Å². The van der Waals surface area contributed by atoms with Crippen molar-refractivity contribution in [1.82, 2.24) is 10.2 Å². The fourth-order valence-electron chi connectivity index (χ4n) is 2.28. The Morgan fingerprint density at radius 2 is 1.89 bits per heavy atom. The molecule has 1 aliphatic heterocycles. The molecule has 2 unspecified atom stereocenters. The molecule has 3 atom stereocenters. The number of piperidine rings is 1. The molecule has 0 spiro atoms. The molecule has 110 valence electrons. The number of nitrogens with one attached hydrogen (secondary N) is 1. The van der Waals surface area contributed by atoms with Crippen LogP contribution < -0.4 is 5.32 Å². The van der Waals surface area contributed by atoms with Gasteiger partial charge in [-0.1, -0.05) is 0 Å². The molecule has 1 rings (SSSR count). The number of rotatable bonds is 2. The smallest absolute Gasteiger partial charge is 0.407 e. The first kappa shape index (κ1) is 15.8. The topological polar surface area (TPSA) is 78.9 Å². The van der Waals surface area contributed by atoms with Gasteiger partial charge in [-0.3, -0.25) is 9.69 Å². The standard InChI is InChI=1S/C13H24N2O4/c1-8-6-9(7-10(11(16)17)15(8)5)14-12(18)19-13(2,3)4/h8-10H,6-7H2,1-5H3,(H,14,18)(H,16,17)/t8?,9?,10-/m0/s1. The summed E-state index contributed by atoms with van der Waals surface area (Å²) in [6, 6.07) is -0.624. The van der Waals surface area contributed by atoms with Gasteiger partial charge in [-0.25, -0.2) is 4.79 Å². The zero-order valence-electron chi connectivity index (χ0n) is 12.3. The molecule has 2 N–H and O–H groups in total. The number of carbonyl (C=O) groups is 2. The molecule has 0 saturated carbocycles. The van der Waals surface area contributed by atoms with Gasteiger partial charge in [-0.2, -0.15) is 0 Å². The van der Waals surface area contributed by atoms with Crippen molar-refractivity contribution in [2.45, 2.75) is 64.3 Å². The van der Waals surface area contributed by atoms with Gasteiger partial charge < -0.3 is 15.2 Å². The lowest BCUT2D eigenvalue weighted by molar-refractivity contribution is -0.145. The van der Waals surface area contributed by atoms with Crippen LogP contribution in [-0.2, 0) is 9.53 Å². The fourth-order valence-corrected chi connectivity index (χ4v) is 2.28. The van der Waals surface area contributed by atoms with Crippen LogP contribution in [0.5, 0.6) is 0 Å². The molecule has 6 nitrogen and oxygen atoms in total. The number of aliphatic carboxylic acids is 1. The third kappa shape index (κ3) is 4.70. The molecule has 0 aromatic carbocycles. The van der Waals surface area contributed by atoms with Crippen molar-refractivity contribution in [3.05, 3.63) is 0 Å². The lowest BCUT2D eigenvalue weighted by Gasteiger charge is -2.39. The molecule has 1 heterocycles. The minimum Gasteiger partial charge on any atom is -0.480 e. The Morgan fingerprint density at radius 1 is 1.32 bits per heavy atom. The third-order valence-corrected chi connectivity index (χ3v) is 3.33. The van der Waals surface area contributed by atoms with E-state index in [0.717, 1.165) is 6.42 Å². The molecule has 1 saturated heterocycles.